The number of benzene rings is 2. The van der Waals surface area contributed by atoms with E-state index < -0.39 is 0 Å². The smallest absolute Gasteiger partial charge is 0.239 e. The highest BCUT2D eigenvalue weighted by Gasteiger charge is 2.11. The predicted molar refractivity (Wildman–Crippen MR) is 117 cm³/mol. The Balaban J connectivity index is 0.00000190. The fraction of sp³-hybridized carbons (Fsp3) is 0.286. The minimum absolute atomic E-state index is 0.115. The quantitative estimate of drug-likeness (QED) is 0.346. The van der Waals surface area contributed by atoms with E-state index in [1.165, 1.54) is 18.8 Å². The van der Waals surface area contributed by atoms with E-state index in [4.69, 9.17) is 11.5 Å². The second kappa shape index (κ2) is 13.2. The maximum absolute atomic E-state index is 11.7. The van der Waals surface area contributed by atoms with E-state index in [1.54, 1.807) is 0 Å². The molecule has 0 aliphatic heterocycles. The lowest BCUT2D eigenvalue weighted by Crippen LogP contribution is -2.31. The molecule has 0 bridgehead atoms. The summed E-state index contributed by atoms with van der Waals surface area (Å²) in [5.74, 6) is -0.118. The molecule has 0 heterocycles. The molecule has 2 rings (SSSR count). The third-order valence-electron chi connectivity index (χ3n) is 4.02. The highest BCUT2D eigenvalue weighted by atomic mass is 16.1. The van der Waals surface area contributed by atoms with Gasteiger partial charge in [0.2, 0.25) is 5.91 Å². The standard InChI is InChI=1S/C20H27N5O.CH5N/c1-2-23-14-20(26)24-13-16-12-17(8-9-18(16)22)25-19(10-11-21)15-6-4-3-5-7-15;1-2/h2-9,12,19,23,25H,1,10-11,13-14,21-22H2,(H,24,26);2H2,1H3. The molecule has 2 aromatic carbocycles. The van der Waals surface area contributed by atoms with Gasteiger partial charge in [-0.1, -0.05) is 36.9 Å². The predicted octanol–water partition coefficient (Wildman–Crippen LogP) is 1.70. The highest BCUT2D eigenvalue weighted by molar-refractivity contribution is 5.78. The number of nitrogens with two attached hydrogens (primary N) is 3. The molecule has 28 heavy (non-hydrogen) atoms. The van der Waals surface area contributed by atoms with Gasteiger partial charge in [-0.25, -0.2) is 0 Å². The van der Waals surface area contributed by atoms with Crippen molar-refractivity contribution in [2.24, 2.45) is 11.5 Å². The lowest BCUT2D eigenvalue weighted by Gasteiger charge is -2.21. The first kappa shape index (κ1) is 23.0. The number of nitrogen functional groups attached to an aromatic ring is 1. The Morgan fingerprint density at radius 3 is 2.54 bits per heavy atom. The summed E-state index contributed by atoms with van der Waals surface area (Å²) in [6.07, 6.45) is 2.30. The second-order valence-corrected chi connectivity index (χ2v) is 5.96. The highest BCUT2D eigenvalue weighted by Crippen LogP contribution is 2.25. The minimum atomic E-state index is -0.118. The summed E-state index contributed by atoms with van der Waals surface area (Å²) in [6.45, 7) is 4.66. The first-order chi connectivity index (χ1) is 13.6. The summed E-state index contributed by atoms with van der Waals surface area (Å²) >= 11 is 0. The molecular formula is C21H32N6O. The molecule has 2 aromatic rings. The molecule has 7 heteroatoms. The van der Waals surface area contributed by atoms with E-state index in [1.807, 2.05) is 36.4 Å². The Bertz CT molecular complexity index is 720. The number of hydrogen-bond acceptors (Lipinski definition) is 6. The number of anilines is 2. The average molecular weight is 385 g/mol. The van der Waals surface area contributed by atoms with Crippen LogP contribution in [0, 0.1) is 0 Å². The molecule has 1 amide bonds. The van der Waals surface area contributed by atoms with Crippen molar-refractivity contribution in [2.75, 3.05) is 31.2 Å². The van der Waals surface area contributed by atoms with Crippen LogP contribution in [-0.4, -0.2) is 26.0 Å². The van der Waals surface area contributed by atoms with Crippen molar-refractivity contribution in [3.8, 4) is 0 Å². The first-order valence-electron chi connectivity index (χ1n) is 9.22. The lowest BCUT2D eigenvalue weighted by atomic mass is 10.0. The van der Waals surface area contributed by atoms with Gasteiger partial charge in [0.25, 0.3) is 0 Å². The van der Waals surface area contributed by atoms with Gasteiger partial charge in [-0.3, -0.25) is 4.79 Å². The lowest BCUT2D eigenvalue weighted by molar-refractivity contribution is -0.120. The number of rotatable bonds is 10. The van der Waals surface area contributed by atoms with E-state index in [0.717, 1.165) is 17.7 Å². The van der Waals surface area contributed by atoms with Crippen LogP contribution in [0.15, 0.2) is 61.3 Å². The fourth-order valence-electron chi connectivity index (χ4n) is 2.65. The van der Waals surface area contributed by atoms with E-state index in [0.29, 0.717) is 18.8 Å². The zero-order valence-electron chi connectivity index (χ0n) is 16.4. The largest absolute Gasteiger partial charge is 0.398 e. The molecule has 152 valence electrons. The zero-order chi connectivity index (χ0) is 20.8. The number of hydrogen-bond donors (Lipinski definition) is 6. The Hall–Kier alpha value is -3.03. The third-order valence-corrected chi connectivity index (χ3v) is 4.02. The first-order valence-corrected chi connectivity index (χ1v) is 9.22. The van der Waals surface area contributed by atoms with Crippen LogP contribution >= 0.6 is 0 Å². The summed E-state index contributed by atoms with van der Waals surface area (Å²) < 4.78 is 0. The molecule has 0 saturated carbocycles. The van der Waals surface area contributed by atoms with Crippen molar-refractivity contribution >= 4 is 17.3 Å². The van der Waals surface area contributed by atoms with Gasteiger partial charge in [0.15, 0.2) is 0 Å². The van der Waals surface area contributed by atoms with Gasteiger partial charge in [-0.2, -0.15) is 0 Å². The van der Waals surface area contributed by atoms with Gasteiger partial charge in [-0.05, 0) is 55.5 Å². The van der Waals surface area contributed by atoms with Crippen LogP contribution in [0.5, 0.6) is 0 Å². The summed E-state index contributed by atoms with van der Waals surface area (Å²) in [4.78, 5) is 11.7. The van der Waals surface area contributed by atoms with Crippen LogP contribution in [0.3, 0.4) is 0 Å². The third kappa shape index (κ3) is 7.69. The van der Waals surface area contributed by atoms with E-state index >= 15 is 0 Å². The van der Waals surface area contributed by atoms with Gasteiger partial charge in [0.1, 0.15) is 0 Å². The van der Waals surface area contributed by atoms with Crippen LogP contribution in [0.1, 0.15) is 23.6 Å². The van der Waals surface area contributed by atoms with Gasteiger partial charge < -0.3 is 33.2 Å². The molecular weight excluding hydrogens is 352 g/mol. The van der Waals surface area contributed by atoms with Crippen LogP contribution in [0.4, 0.5) is 11.4 Å². The van der Waals surface area contributed by atoms with Crippen LogP contribution in [0.25, 0.3) is 0 Å². The van der Waals surface area contributed by atoms with Gasteiger partial charge in [-0.15, -0.1) is 0 Å². The molecule has 7 nitrogen and oxygen atoms in total. The molecule has 0 aromatic heterocycles. The monoisotopic (exact) mass is 384 g/mol. The number of nitrogens with one attached hydrogen (secondary N) is 3. The molecule has 1 unspecified atom stereocenters. The van der Waals surface area contributed by atoms with Gasteiger partial charge in [0, 0.05) is 17.9 Å². The molecule has 0 saturated heterocycles. The SMILES string of the molecule is C=CNCC(=O)NCc1cc(NC(CCN)c2ccccc2)ccc1N.CN. The maximum atomic E-state index is 11.7. The summed E-state index contributed by atoms with van der Waals surface area (Å²) in [7, 11) is 1.50. The zero-order valence-corrected chi connectivity index (χ0v) is 16.4. The van der Waals surface area contributed by atoms with Gasteiger partial charge >= 0.3 is 0 Å². The minimum Gasteiger partial charge on any atom is -0.398 e. The van der Waals surface area contributed by atoms with Crippen LogP contribution < -0.4 is 33.2 Å². The van der Waals surface area contributed by atoms with Crippen molar-refractivity contribution in [3.05, 3.63) is 72.4 Å². The van der Waals surface area contributed by atoms with E-state index in [2.05, 4.69) is 40.4 Å². The Labute approximate surface area is 167 Å². The summed E-state index contributed by atoms with van der Waals surface area (Å²) in [5.41, 5.74) is 19.9. The topological polar surface area (TPSA) is 131 Å². The molecule has 9 N–H and O–H groups in total. The number of amides is 1. The molecule has 0 fully saturated rings. The van der Waals surface area contributed by atoms with Crippen LogP contribution in [0.2, 0.25) is 0 Å². The van der Waals surface area contributed by atoms with Crippen LogP contribution in [-0.2, 0) is 11.3 Å². The van der Waals surface area contributed by atoms with E-state index in [-0.39, 0.29) is 18.5 Å². The molecule has 0 radical (unpaired) electrons. The Kier molecular flexibility index (Phi) is 10.8. The van der Waals surface area contributed by atoms with Crippen molar-refractivity contribution in [1.29, 1.82) is 0 Å². The number of carbonyl (C=O) groups excluding carboxylic acids is 1. The Morgan fingerprint density at radius 2 is 1.89 bits per heavy atom. The van der Waals surface area contributed by atoms with Crippen molar-refractivity contribution in [1.82, 2.24) is 10.6 Å². The normalized spacial score (nSPS) is 10.8. The second-order valence-electron chi connectivity index (χ2n) is 5.96. The molecule has 0 aliphatic rings. The van der Waals surface area contributed by atoms with Gasteiger partial charge in [0.05, 0.1) is 12.6 Å². The number of carbonyl (C=O) groups is 1. The maximum Gasteiger partial charge on any atom is 0.239 e. The van der Waals surface area contributed by atoms with Crippen molar-refractivity contribution in [2.45, 2.75) is 19.0 Å². The van der Waals surface area contributed by atoms with Crippen molar-refractivity contribution in [3.63, 3.8) is 0 Å². The molecule has 1 atom stereocenters. The fourth-order valence-corrected chi connectivity index (χ4v) is 2.65. The van der Waals surface area contributed by atoms with Crippen molar-refractivity contribution < 1.29 is 4.79 Å². The van der Waals surface area contributed by atoms with E-state index in [9.17, 15) is 4.79 Å². The summed E-state index contributed by atoms with van der Waals surface area (Å²) in [6, 6.07) is 16.0. The Morgan fingerprint density at radius 1 is 1.18 bits per heavy atom. The molecule has 0 spiro atoms. The summed E-state index contributed by atoms with van der Waals surface area (Å²) in [5, 5.41) is 9.11. The molecule has 0 aliphatic carbocycles. The average Bonchev–Trinajstić information content (AvgIpc) is 2.74.